The van der Waals surface area contributed by atoms with Crippen LogP contribution in [0.25, 0.3) is 0 Å². The van der Waals surface area contributed by atoms with E-state index in [0.29, 0.717) is 5.56 Å². The maximum atomic E-state index is 12.7. The van der Waals surface area contributed by atoms with Crippen LogP contribution >= 0.6 is 11.8 Å². The predicted octanol–water partition coefficient (Wildman–Crippen LogP) is 4.67. The minimum absolute atomic E-state index is 0.105. The summed E-state index contributed by atoms with van der Waals surface area (Å²) in [6.07, 6.45) is 1.50. The fraction of sp³-hybridized carbons (Fsp3) is 0.250. The first-order valence-electron chi connectivity index (χ1n) is 12.2. The number of nitrogens with one attached hydrogen (secondary N) is 2. The van der Waals surface area contributed by atoms with Gasteiger partial charge >= 0.3 is 0 Å². The van der Waals surface area contributed by atoms with Gasteiger partial charge in [0.2, 0.25) is 0 Å². The van der Waals surface area contributed by atoms with Crippen LogP contribution in [0.2, 0.25) is 0 Å². The zero-order valence-electron chi connectivity index (χ0n) is 20.1. The molecule has 1 aliphatic rings. The van der Waals surface area contributed by atoms with Crippen LogP contribution in [0, 0.1) is 0 Å². The van der Waals surface area contributed by atoms with E-state index in [0.717, 1.165) is 61.4 Å². The third-order valence-electron chi connectivity index (χ3n) is 6.32. The predicted molar refractivity (Wildman–Crippen MR) is 144 cm³/mol. The summed E-state index contributed by atoms with van der Waals surface area (Å²) in [7, 11) is 0. The van der Waals surface area contributed by atoms with Gasteiger partial charge in [-0.15, -0.1) is 0 Å². The number of anilines is 1. The molecule has 8 heteroatoms. The second kappa shape index (κ2) is 12.0. The van der Waals surface area contributed by atoms with E-state index >= 15 is 0 Å². The van der Waals surface area contributed by atoms with Crippen LogP contribution in [0.1, 0.15) is 27.0 Å². The van der Waals surface area contributed by atoms with Crippen molar-refractivity contribution in [3.05, 3.63) is 107 Å². The number of aromatic nitrogens is 3. The summed E-state index contributed by atoms with van der Waals surface area (Å²) in [6.45, 7) is 6.26. The van der Waals surface area contributed by atoms with Crippen molar-refractivity contribution in [3.8, 4) is 0 Å². The summed E-state index contributed by atoms with van der Waals surface area (Å²) < 4.78 is 0. The number of benzene rings is 3. The molecule has 2 heterocycles. The van der Waals surface area contributed by atoms with Crippen LogP contribution in [0.15, 0.2) is 90.3 Å². The molecule has 1 amide bonds. The molecular formula is C28H30N6OS. The van der Waals surface area contributed by atoms with Gasteiger partial charge in [-0.25, -0.2) is 4.98 Å². The van der Waals surface area contributed by atoms with Crippen molar-refractivity contribution >= 4 is 23.4 Å². The maximum Gasteiger partial charge on any atom is 0.255 e. The number of hydrogen-bond donors (Lipinski definition) is 2. The van der Waals surface area contributed by atoms with E-state index in [1.165, 1.54) is 17.5 Å². The summed E-state index contributed by atoms with van der Waals surface area (Å²) in [4.78, 5) is 21.8. The fourth-order valence-electron chi connectivity index (χ4n) is 4.27. The minimum atomic E-state index is -0.105. The molecule has 1 aliphatic heterocycles. The molecule has 0 atom stereocenters. The van der Waals surface area contributed by atoms with Gasteiger partial charge in [-0.3, -0.25) is 19.7 Å². The highest BCUT2D eigenvalue weighted by molar-refractivity contribution is 7.98. The Bertz CT molecular complexity index is 1220. The highest BCUT2D eigenvalue weighted by Crippen LogP contribution is 2.19. The van der Waals surface area contributed by atoms with E-state index in [1.54, 1.807) is 11.8 Å². The van der Waals surface area contributed by atoms with Gasteiger partial charge in [-0.05, 0) is 41.0 Å². The van der Waals surface area contributed by atoms with Crippen LogP contribution in [0.3, 0.4) is 0 Å². The van der Waals surface area contributed by atoms with Crippen LogP contribution in [-0.2, 0) is 18.8 Å². The van der Waals surface area contributed by atoms with Gasteiger partial charge in [0, 0.05) is 56.3 Å². The quantitative estimate of drug-likeness (QED) is 0.327. The molecule has 0 aliphatic carbocycles. The molecule has 184 valence electrons. The highest BCUT2D eigenvalue weighted by atomic mass is 32.2. The molecule has 0 unspecified atom stereocenters. The van der Waals surface area contributed by atoms with Gasteiger partial charge in [0.05, 0.1) is 0 Å². The highest BCUT2D eigenvalue weighted by Gasteiger charge is 2.17. The van der Waals surface area contributed by atoms with E-state index in [4.69, 9.17) is 0 Å². The zero-order valence-corrected chi connectivity index (χ0v) is 21.0. The van der Waals surface area contributed by atoms with Crippen LogP contribution in [-0.4, -0.2) is 57.1 Å². The Balaban J connectivity index is 1.06. The van der Waals surface area contributed by atoms with Crippen LogP contribution in [0.4, 0.5) is 5.69 Å². The second-order valence-corrected chi connectivity index (χ2v) is 9.93. The van der Waals surface area contributed by atoms with E-state index in [2.05, 4.69) is 72.8 Å². The van der Waals surface area contributed by atoms with Crippen LogP contribution < -0.4 is 5.32 Å². The molecule has 1 fully saturated rings. The first kappa shape index (κ1) is 24.2. The average Bonchev–Trinajstić information content (AvgIpc) is 3.44. The van der Waals surface area contributed by atoms with Gasteiger partial charge in [0.1, 0.15) is 6.33 Å². The number of piperazine rings is 1. The number of aromatic amines is 1. The average molecular weight is 499 g/mol. The molecule has 0 spiro atoms. The molecule has 2 N–H and O–H groups in total. The Labute approximate surface area is 215 Å². The number of nitrogens with zero attached hydrogens (tertiary/aromatic N) is 4. The molecule has 0 radical (unpaired) electrons. The first-order valence-corrected chi connectivity index (χ1v) is 13.2. The Hall–Kier alpha value is -3.46. The van der Waals surface area contributed by atoms with Gasteiger partial charge in [0.25, 0.3) is 5.91 Å². The minimum Gasteiger partial charge on any atom is -0.322 e. The summed E-state index contributed by atoms with van der Waals surface area (Å²) in [6, 6.07) is 26.5. The Morgan fingerprint density at radius 1 is 0.806 bits per heavy atom. The molecule has 36 heavy (non-hydrogen) atoms. The first-order chi connectivity index (χ1) is 17.7. The molecule has 0 bridgehead atoms. The molecule has 3 aromatic carbocycles. The summed E-state index contributed by atoms with van der Waals surface area (Å²) in [5, 5.41) is 10.5. The number of amides is 1. The van der Waals surface area contributed by atoms with Gasteiger partial charge < -0.3 is 5.32 Å². The number of hydrogen-bond acceptors (Lipinski definition) is 6. The standard InChI is InChI=1S/C28H30N6OS/c35-27(25-10-6-24(7-11-25)20-36-28-29-21-30-32-28)31-26-12-8-23(9-13-26)19-34-16-14-33(15-17-34)18-22-4-2-1-3-5-22/h1-13,21H,14-20H2,(H,31,35)(H,29,30,32). The molecular weight excluding hydrogens is 468 g/mol. The van der Waals surface area contributed by atoms with Crippen molar-refractivity contribution in [3.63, 3.8) is 0 Å². The number of thioether (sulfide) groups is 1. The van der Waals surface area contributed by atoms with Crippen molar-refractivity contribution in [1.82, 2.24) is 25.0 Å². The fourth-order valence-corrected chi connectivity index (χ4v) is 5.00. The lowest BCUT2D eigenvalue weighted by Crippen LogP contribution is -2.45. The number of carbonyl (C=O) groups excluding carboxylic acids is 1. The van der Waals surface area contributed by atoms with Crippen molar-refractivity contribution in [2.75, 3.05) is 31.5 Å². The molecule has 1 aromatic heterocycles. The molecule has 0 saturated carbocycles. The summed E-state index contributed by atoms with van der Waals surface area (Å²) in [5.74, 6) is 0.660. The summed E-state index contributed by atoms with van der Waals surface area (Å²) >= 11 is 1.58. The van der Waals surface area contributed by atoms with Crippen molar-refractivity contribution in [1.29, 1.82) is 0 Å². The molecule has 4 aromatic rings. The van der Waals surface area contributed by atoms with E-state index in [9.17, 15) is 4.79 Å². The smallest absolute Gasteiger partial charge is 0.255 e. The monoisotopic (exact) mass is 498 g/mol. The molecule has 1 saturated heterocycles. The maximum absolute atomic E-state index is 12.7. The van der Waals surface area contributed by atoms with Crippen molar-refractivity contribution in [2.45, 2.75) is 24.0 Å². The van der Waals surface area contributed by atoms with Crippen molar-refractivity contribution < 1.29 is 4.79 Å². The van der Waals surface area contributed by atoms with E-state index < -0.39 is 0 Å². The number of H-pyrrole nitrogens is 1. The molecule has 5 rings (SSSR count). The lowest BCUT2D eigenvalue weighted by atomic mass is 10.1. The summed E-state index contributed by atoms with van der Waals surface area (Å²) in [5.41, 5.74) is 5.21. The van der Waals surface area contributed by atoms with E-state index in [-0.39, 0.29) is 5.91 Å². The third-order valence-corrected chi connectivity index (χ3v) is 7.26. The largest absolute Gasteiger partial charge is 0.322 e. The van der Waals surface area contributed by atoms with E-state index in [1.807, 2.05) is 36.4 Å². The third kappa shape index (κ3) is 6.81. The number of rotatable bonds is 9. The second-order valence-electron chi connectivity index (χ2n) is 8.97. The Kier molecular flexibility index (Phi) is 8.07. The topological polar surface area (TPSA) is 77.2 Å². The Morgan fingerprint density at radius 2 is 1.42 bits per heavy atom. The normalized spacial score (nSPS) is 14.6. The van der Waals surface area contributed by atoms with Gasteiger partial charge in [0.15, 0.2) is 5.16 Å². The Morgan fingerprint density at radius 3 is 2.03 bits per heavy atom. The number of carbonyl (C=O) groups is 1. The van der Waals surface area contributed by atoms with Crippen molar-refractivity contribution in [2.24, 2.45) is 0 Å². The molecule has 7 nitrogen and oxygen atoms in total. The lowest BCUT2D eigenvalue weighted by Gasteiger charge is -2.34. The van der Waals surface area contributed by atoms with Crippen LogP contribution in [0.5, 0.6) is 0 Å². The van der Waals surface area contributed by atoms with Gasteiger partial charge in [-0.1, -0.05) is 66.4 Å². The lowest BCUT2D eigenvalue weighted by molar-refractivity contribution is 0.102. The SMILES string of the molecule is O=C(Nc1ccc(CN2CCN(Cc3ccccc3)CC2)cc1)c1ccc(CSc2ncn[nH]2)cc1. The zero-order chi connectivity index (χ0) is 24.6. The van der Waals surface area contributed by atoms with Gasteiger partial charge in [-0.2, -0.15) is 5.10 Å².